The van der Waals surface area contributed by atoms with Gasteiger partial charge in [0, 0.05) is 40.6 Å². The van der Waals surface area contributed by atoms with Gasteiger partial charge in [-0.15, -0.1) is 0 Å². The van der Waals surface area contributed by atoms with Gasteiger partial charge < -0.3 is 5.21 Å². The summed E-state index contributed by atoms with van der Waals surface area (Å²) in [5.41, 5.74) is -4.84. The molecule has 8 heteroatoms. The topological polar surface area (TPSA) is 90.2 Å². The summed E-state index contributed by atoms with van der Waals surface area (Å²) in [5.74, 6) is -0.874. The number of sulfonamides is 1. The monoisotopic (exact) mass is 455 g/mol. The molecule has 0 aliphatic rings. The van der Waals surface area contributed by atoms with Crippen LogP contribution in [0.1, 0.15) is 57.1 Å². The summed E-state index contributed by atoms with van der Waals surface area (Å²) in [6, 6.07) is 8.56. The Hall–Kier alpha value is -2.90. The van der Waals surface area contributed by atoms with Crippen LogP contribution in [0.25, 0.3) is 0 Å². The highest BCUT2D eigenvalue weighted by molar-refractivity contribution is 7.92. The van der Waals surface area contributed by atoms with E-state index >= 15 is 0 Å². The van der Waals surface area contributed by atoms with Crippen molar-refractivity contribution in [2.24, 2.45) is 0 Å². The van der Waals surface area contributed by atoms with Gasteiger partial charge in [-0.05, 0) is 41.3 Å². The average Bonchev–Trinajstić information content (AvgIpc) is 2.80. The minimum absolute atomic E-state index is 0.0306. The van der Waals surface area contributed by atoms with Gasteiger partial charge in [-0.3, -0.25) is 9.52 Å². The molecule has 0 fully saturated rings. The molecule has 0 aliphatic heterocycles. The van der Waals surface area contributed by atoms with E-state index in [0.717, 1.165) is 48.5 Å². The van der Waals surface area contributed by atoms with Gasteiger partial charge >= 0.3 is 0 Å². The van der Waals surface area contributed by atoms with Crippen molar-refractivity contribution in [3.05, 3.63) is 93.9 Å². The third-order valence-electron chi connectivity index (χ3n) is 4.00. The van der Waals surface area contributed by atoms with Gasteiger partial charge in [0.2, 0.25) is 0 Å². The van der Waals surface area contributed by atoms with E-state index in [1.807, 2.05) is 0 Å². The van der Waals surface area contributed by atoms with Gasteiger partial charge in [-0.1, -0.05) is 44.3 Å². The van der Waals surface area contributed by atoms with Crippen LogP contribution in [0.3, 0.4) is 0 Å². The summed E-state index contributed by atoms with van der Waals surface area (Å²) < 4.78 is 114. The molecule has 6 nitrogen and oxygen atoms in total. The fourth-order valence-corrected chi connectivity index (χ4v) is 3.75. The van der Waals surface area contributed by atoms with Crippen molar-refractivity contribution in [2.75, 3.05) is 4.72 Å². The normalized spacial score (nSPS) is 18.5. The van der Waals surface area contributed by atoms with E-state index < -0.39 is 64.6 Å². The Balaban J connectivity index is 2.08. The highest BCUT2D eigenvalue weighted by atomic mass is 35.5. The number of nitrogens with zero attached hydrogens (tertiary/aromatic N) is 1. The van der Waals surface area contributed by atoms with Crippen molar-refractivity contribution in [3.63, 3.8) is 0 Å². The molecule has 0 aliphatic carbocycles. The molecule has 0 saturated carbocycles. The molecular formula is C22H21ClN2O4S. The maximum Gasteiger partial charge on any atom is 0.261 e. The number of nitrogens with one attached hydrogen (secondary N) is 1. The van der Waals surface area contributed by atoms with Gasteiger partial charge in [0.05, 0.1) is 10.6 Å². The van der Waals surface area contributed by atoms with Gasteiger partial charge in [-0.2, -0.15) is 4.73 Å². The van der Waals surface area contributed by atoms with Crippen molar-refractivity contribution in [1.29, 1.82) is 0 Å². The van der Waals surface area contributed by atoms with E-state index in [2.05, 4.69) is 4.72 Å². The lowest BCUT2D eigenvalue weighted by Crippen LogP contribution is -2.24. The Bertz CT molecular complexity index is 1540. The first kappa shape index (κ1) is 11.5. The number of benzene rings is 2. The van der Waals surface area contributed by atoms with Crippen LogP contribution in [0.2, 0.25) is 5.02 Å². The fraction of sp³-hybridized carbons (Fsp3) is 0.182. The first-order chi connectivity index (χ1) is 18.5. The number of halogens is 1. The Kier molecular flexibility index (Phi) is 3.09. The van der Waals surface area contributed by atoms with E-state index in [4.69, 9.17) is 26.7 Å². The molecule has 0 unspecified atom stereocenters. The van der Waals surface area contributed by atoms with Crippen LogP contribution in [0.4, 0.5) is 5.69 Å². The maximum absolute atomic E-state index is 13.2. The quantitative estimate of drug-likeness (QED) is 0.352. The maximum atomic E-state index is 13.2. The van der Waals surface area contributed by atoms with Crippen molar-refractivity contribution >= 4 is 33.1 Å². The van der Waals surface area contributed by atoms with Crippen molar-refractivity contribution in [1.82, 2.24) is 0 Å². The second-order valence-corrected chi connectivity index (χ2v) is 8.31. The molecule has 0 amide bonds. The molecule has 0 radical (unpaired) electrons. The smallest absolute Gasteiger partial charge is 0.261 e. The molecule has 0 spiro atoms. The number of ketones is 1. The lowest BCUT2D eigenvalue weighted by atomic mass is 9.87. The third kappa shape index (κ3) is 4.80. The average molecular weight is 456 g/mol. The number of carbonyl (C=O) groups is 1. The van der Waals surface area contributed by atoms with Gasteiger partial charge in [0.1, 0.15) is 2.74 Å². The summed E-state index contributed by atoms with van der Waals surface area (Å²) in [6.07, 6.45) is -1.40. The number of rotatable bonds is 5. The zero-order chi connectivity index (χ0) is 31.3. The number of hydrogen-bond donors (Lipinski definition) is 1. The second kappa shape index (κ2) is 8.08. The van der Waals surface area contributed by atoms with Gasteiger partial charge in [0.25, 0.3) is 10.0 Å². The molecule has 1 aromatic heterocycles. The predicted octanol–water partition coefficient (Wildman–Crippen LogP) is 4.30. The predicted molar refractivity (Wildman–Crippen MR) is 116 cm³/mol. The van der Waals surface area contributed by atoms with E-state index in [1.165, 1.54) is 6.07 Å². The zero-order valence-electron chi connectivity index (χ0n) is 26.1. The molecule has 1 heterocycles. The molecular weight excluding hydrogens is 424 g/mol. The van der Waals surface area contributed by atoms with Crippen molar-refractivity contribution in [3.8, 4) is 0 Å². The molecule has 2 aromatic carbocycles. The number of pyridine rings is 1. The first-order valence-corrected chi connectivity index (χ1v) is 10.1. The minimum atomic E-state index is -4.55. The molecule has 30 heavy (non-hydrogen) atoms. The lowest BCUT2D eigenvalue weighted by molar-refractivity contribution is -0.605. The van der Waals surface area contributed by atoms with Gasteiger partial charge in [-0.25, -0.2) is 8.42 Å². The molecule has 0 saturated heterocycles. The van der Waals surface area contributed by atoms with Crippen LogP contribution in [0.5, 0.6) is 0 Å². The van der Waals surface area contributed by atoms with Crippen LogP contribution < -0.4 is 9.45 Å². The SMILES string of the molecule is [2H]c1cc(C(=O)c2cc(Cl)ccc2NS(=O)(=O)c2ccc(C(C([2H])([2H])[2H])(C([2H])([2H])[2H])C([2H])([2H])[2H])cc2)cc([2H])[n+]1[O-]. The summed E-state index contributed by atoms with van der Waals surface area (Å²) in [7, 11) is -4.55. The molecule has 0 atom stereocenters. The molecule has 3 aromatic rings. The van der Waals surface area contributed by atoms with Crippen LogP contribution in [0, 0.1) is 5.21 Å². The first-order valence-electron chi connectivity index (χ1n) is 13.7. The van der Waals surface area contributed by atoms with E-state index in [-0.39, 0.29) is 26.6 Å². The Morgan fingerprint density at radius 2 is 1.73 bits per heavy atom. The number of aromatic nitrogens is 1. The Morgan fingerprint density at radius 3 is 2.33 bits per heavy atom. The van der Waals surface area contributed by atoms with Crippen LogP contribution >= 0.6 is 11.6 Å². The highest BCUT2D eigenvalue weighted by Gasteiger charge is 2.21. The number of hydrogen-bond acceptors (Lipinski definition) is 4. The molecule has 1 N–H and O–H groups in total. The highest BCUT2D eigenvalue weighted by Crippen LogP contribution is 2.27. The lowest BCUT2D eigenvalue weighted by Gasteiger charge is -2.19. The zero-order valence-corrected chi connectivity index (χ0v) is 16.6. The van der Waals surface area contributed by atoms with Crippen LogP contribution in [-0.4, -0.2) is 14.2 Å². The van der Waals surface area contributed by atoms with Crippen LogP contribution in [0.15, 0.2) is 71.8 Å². The second-order valence-electron chi connectivity index (χ2n) is 6.20. The Morgan fingerprint density at radius 1 is 1.10 bits per heavy atom. The third-order valence-corrected chi connectivity index (χ3v) is 5.62. The largest absolute Gasteiger partial charge is 0.619 e. The number of anilines is 1. The Labute approximate surface area is 196 Å². The summed E-state index contributed by atoms with van der Waals surface area (Å²) in [5, 5.41) is 11.7. The standard InChI is InChI=1S/C22H21ClN2O4S/c1-22(2,3)16-4-7-18(8-5-16)30(28,29)24-20-9-6-17(23)14-19(20)21(26)15-10-12-25(27)13-11-15/h4-14,24H,1-3H3/i1D3,2D3,3D3,12D,13D. The van der Waals surface area contributed by atoms with Crippen molar-refractivity contribution < 1.29 is 33.0 Å². The molecule has 0 bridgehead atoms. The van der Waals surface area contributed by atoms with Crippen molar-refractivity contribution in [2.45, 2.75) is 30.9 Å². The molecule has 156 valence electrons. The van der Waals surface area contributed by atoms with Crippen LogP contribution in [-0.2, 0) is 15.4 Å². The summed E-state index contributed by atoms with van der Waals surface area (Å²) in [4.78, 5) is 12.6. The number of carbonyl (C=O) groups excluding carboxylic acids is 1. The minimum Gasteiger partial charge on any atom is -0.619 e. The van der Waals surface area contributed by atoms with E-state index in [9.17, 15) is 18.4 Å². The summed E-state index contributed by atoms with van der Waals surface area (Å²) >= 11 is 6.00. The van der Waals surface area contributed by atoms with Gasteiger partial charge in [0.15, 0.2) is 18.1 Å². The van der Waals surface area contributed by atoms with E-state index in [0.29, 0.717) is 0 Å². The molecule has 3 rings (SSSR count). The fourth-order valence-electron chi connectivity index (χ4n) is 2.50. The van der Waals surface area contributed by atoms with E-state index in [1.54, 1.807) is 0 Å². The summed E-state index contributed by atoms with van der Waals surface area (Å²) in [6.45, 7) is -10.6.